The maximum Gasteiger partial charge on any atom is 0.394 e. The molecular formula is C7H20N2O10S2. The summed E-state index contributed by atoms with van der Waals surface area (Å²) < 4.78 is 67.9. The molecule has 0 saturated carbocycles. The van der Waals surface area contributed by atoms with Crippen LogP contribution in [0.1, 0.15) is 13.3 Å². The second-order valence-corrected chi connectivity index (χ2v) is 5.04. The summed E-state index contributed by atoms with van der Waals surface area (Å²) in [4.78, 5) is 10.7. The lowest BCUT2D eigenvalue weighted by Crippen LogP contribution is -2.32. The standard InChI is InChI=1S/C7H16N2O2.2H2O4S/c1-4-11-7(10)5-6-8-9(2)3;2*1-5(2,3)4/h8H,4-6H2,1-3H3;2*(H2,1,2,3,4). The Morgan fingerprint density at radius 2 is 1.38 bits per heavy atom. The normalized spacial score (nSPS) is 10.9. The molecule has 0 atom stereocenters. The van der Waals surface area contributed by atoms with Crippen LogP contribution in [0.3, 0.4) is 0 Å². The Hall–Kier alpha value is -0.870. The predicted molar refractivity (Wildman–Crippen MR) is 71.3 cm³/mol. The summed E-state index contributed by atoms with van der Waals surface area (Å²) in [6, 6.07) is 0. The van der Waals surface area contributed by atoms with Crippen LogP contribution in [0.2, 0.25) is 0 Å². The summed E-state index contributed by atoms with van der Waals surface area (Å²) in [5.41, 5.74) is 2.97. The van der Waals surface area contributed by atoms with Gasteiger partial charge in [0.05, 0.1) is 13.0 Å². The minimum atomic E-state index is -4.67. The van der Waals surface area contributed by atoms with E-state index in [-0.39, 0.29) is 5.97 Å². The van der Waals surface area contributed by atoms with Crippen molar-refractivity contribution >= 4 is 26.8 Å². The van der Waals surface area contributed by atoms with E-state index in [9.17, 15) is 4.79 Å². The Kier molecular flexibility index (Phi) is 15.3. The van der Waals surface area contributed by atoms with E-state index in [0.717, 1.165) is 0 Å². The van der Waals surface area contributed by atoms with Crippen molar-refractivity contribution in [3.63, 3.8) is 0 Å². The maximum atomic E-state index is 10.7. The van der Waals surface area contributed by atoms with E-state index >= 15 is 0 Å². The molecule has 21 heavy (non-hydrogen) atoms. The van der Waals surface area contributed by atoms with E-state index < -0.39 is 20.8 Å². The van der Waals surface area contributed by atoms with E-state index in [4.69, 9.17) is 39.8 Å². The molecular weight excluding hydrogens is 336 g/mol. The first kappa shape index (κ1) is 25.1. The monoisotopic (exact) mass is 356 g/mol. The number of rotatable bonds is 5. The zero-order chi connectivity index (χ0) is 17.7. The molecule has 0 aromatic carbocycles. The van der Waals surface area contributed by atoms with Gasteiger partial charge in [-0.2, -0.15) is 16.8 Å². The molecule has 0 bridgehead atoms. The van der Waals surface area contributed by atoms with Crippen molar-refractivity contribution in [1.82, 2.24) is 10.4 Å². The van der Waals surface area contributed by atoms with Gasteiger partial charge in [-0.05, 0) is 6.92 Å². The highest BCUT2D eigenvalue weighted by atomic mass is 32.3. The first-order valence-corrected chi connectivity index (χ1v) is 7.92. The smallest absolute Gasteiger partial charge is 0.394 e. The van der Waals surface area contributed by atoms with E-state index in [1.807, 2.05) is 14.1 Å². The van der Waals surface area contributed by atoms with Crippen LogP contribution < -0.4 is 5.43 Å². The van der Waals surface area contributed by atoms with E-state index in [1.54, 1.807) is 11.9 Å². The number of esters is 1. The summed E-state index contributed by atoms with van der Waals surface area (Å²) in [6.07, 6.45) is 0.423. The number of ether oxygens (including phenoxy) is 1. The van der Waals surface area contributed by atoms with Crippen molar-refractivity contribution in [3.05, 3.63) is 0 Å². The lowest BCUT2D eigenvalue weighted by atomic mass is 10.4. The van der Waals surface area contributed by atoms with Gasteiger partial charge in [-0.1, -0.05) is 0 Å². The van der Waals surface area contributed by atoms with Gasteiger partial charge in [0.25, 0.3) is 0 Å². The molecule has 0 aliphatic rings. The molecule has 0 aliphatic carbocycles. The predicted octanol–water partition coefficient (Wildman–Crippen LogP) is -1.30. The highest BCUT2D eigenvalue weighted by molar-refractivity contribution is 7.80. The fourth-order valence-corrected chi connectivity index (χ4v) is 0.615. The number of hydrogen-bond donors (Lipinski definition) is 5. The van der Waals surface area contributed by atoms with Gasteiger partial charge in [-0.3, -0.25) is 33.4 Å². The number of nitrogens with one attached hydrogen (secondary N) is 1. The molecule has 0 radical (unpaired) electrons. The molecule has 12 nitrogen and oxygen atoms in total. The summed E-state index contributed by atoms with van der Waals surface area (Å²) in [5, 5.41) is 1.80. The number of nitrogens with zero attached hydrogens (tertiary/aromatic N) is 1. The molecule has 0 heterocycles. The second kappa shape index (κ2) is 12.8. The molecule has 14 heteroatoms. The zero-order valence-electron chi connectivity index (χ0n) is 11.6. The molecule has 0 aromatic heterocycles. The van der Waals surface area contributed by atoms with Crippen molar-refractivity contribution in [2.75, 3.05) is 27.2 Å². The molecule has 0 saturated heterocycles. The fourth-order valence-electron chi connectivity index (χ4n) is 0.615. The van der Waals surface area contributed by atoms with Gasteiger partial charge in [-0.25, -0.2) is 0 Å². The summed E-state index contributed by atoms with van der Waals surface area (Å²) in [6.45, 7) is 2.89. The molecule has 0 unspecified atom stereocenters. The first-order valence-electron chi connectivity index (χ1n) is 5.13. The number of hydrazine groups is 1. The first-order chi connectivity index (χ1) is 9.16. The van der Waals surface area contributed by atoms with Gasteiger partial charge >= 0.3 is 26.8 Å². The van der Waals surface area contributed by atoms with Crippen molar-refractivity contribution in [1.29, 1.82) is 0 Å². The van der Waals surface area contributed by atoms with Crippen LogP contribution in [-0.4, -0.2) is 73.3 Å². The van der Waals surface area contributed by atoms with Gasteiger partial charge in [0.2, 0.25) is 0 Å². The van der Waals surface area contributed by atoms with E-state index in [2.05, 4.69) is 5.43 Å². The molecule has 0 aliphatic heterocycles. The molecule has 0 amide bonds. The van der Waals surface area contributed by atoms with Crippen molar-refractivity contribution in [2.24, 2.45) is 0 Å². The topological polar surface area (TPSA) is 191 Å². The molecule has 130 valence electrons. The van der Waals surface area contributed by atoms with Crippen LogP contribution in [-0.2, 0) is 30.3 Å². The Balaban J connectivity index is -0.000000270. The van der Waals surface area contributed by atoms with Crippen molar-refractivity contribution in [2.45, 2.75) is 13.3 Å². The third-order valence-electron chi connectivity index (χ3n) is 1.06. The van der Waals surface area contributed by atoms with Crippen molar-refractivity contribution in [3.8, 4) is 0 Å². The third kappa shape index (κ3) is 84.9. The molecule has 0 fully saturated rings. The Morgan fingerprint density at radius 3 is 1.62 bits per heavy atom. The van der Waals surface area contributed by atoms with Gasteiger partial charge in [-0.15, -0.1) is 0 Å². The van der Waals surface area contributed by atoms with Crippen LogP contribution >= 0.6 is 0 Å². The highest BCUT2D eigenvalue weighted by Gasteiger charge is 1.99. The second-order valence-electron chi connectivity index (χ2n) is 3.25. The Bertz CT molecular complexity index is 412. The van der Waals surface area contributed by atoms with Gasteiger partial charge in [0, 0.05) is 20.6 Å². The number of carbonyl (C=O) groups excluding carboxylic acids is 1. The lowest BCUT2D eigenvalue weighted by Gasteiger charge is -2.10. The van der Waals surface area contributed by atoms with Crippen LogP contribution in [0, 0.1) is 0 Å². The largest absolute Gasteiger partial charge is 0.466 e. The third-order valence-corrected chi connectivity index (χ3v) is 1.06. The Labute approximate surface area is 123 Å². The van der Waals surface area contributed by atoms with Gasteiger partial charge in [0.1, 0.15) is 0 Å². The molecule has 0 rings (SSSR count). The van der Waals surface area contributed by atoms with Crippen LogP contribution in [0.5, 0.6) is 0 Å². The average Bonchev–Trinajstić information content (AvgIpc) is 2.11. The number of carbonyl (C=O) groups is 1. The number of hydrogen-bond acceptors (Lipinski definition) is 8. The van der Waals surface area contributed by atoms with Crippen LogP contribution in [0.15, 0.2) is 0 Å². The van der Waals surface area contributed by atoms with E-state index in [0.29, 0.717) is 19.6 Å². The average molecular weight is 356 g/mol. The van der Waals surface area contributed by atoms with Crippen LogP contribution in [0.25, 0.3) is 0 Å². The zero-order valence-corrected chi connectivity index (χ0v) is 13.3. The van der Waals surface area contributed by atoms with Gasteiger partial charge < -0.3 is 4.74 Å². The van der Waals surface area contributed by atoms with Crippen LogP contribution in [0.4, 0.5) is 0 Å². The fraction of sp³-hybridized carbons (Fsp3) is 0.857. The summed E-state index contributed by atoms with van der Waals surface area (Å²) >= 11 is 0. The Morgan fingerprint density at radius 1 is 1.05 bits per heavy atom. The lowest BCUT2D eigenvalue weighted by molar-refractivity contribution is -0.143. The summed E-state index contributed by atoms with van der Waals surface area (Å²) in [7, 11) is -5.57. The van der Waals surface area contributed by atoms with Gasteiger partial charge in [0.15, 0.2) is 0 Å². The minimum absolute atomic E-state index is 0.151. The SMILES string of the molecule is CCOC(=O)CCNN(C)C.O=S(=O)(O)O.O=S(=O)(O)O. The summed E-state index contributed by atoms with van der Waals surface area (Å²) in [5.74, 6) is -0.151. The molecule has 5 N–H and O–H groups in total. The van der Waals surface area contributed by atoms with Crippen molar-refractivity contribution < 1.29 is 44.6 Å². The maximum absolute atomic E-state index is 10.7. The van der Waals surface area contributed by atoms with E-state index in [1.165, 1.54) is 0 Å². The molecule has 0 aromatic rings. The molecule has 0 spiro atoms. The quantitative estimate of drug-likeness (QED) is 0.222. The highest BCUT2D eigenvalue weighted by Crippen LogP contribution is 1.83. The minimum Gasteiger partial charge on any atom is -0.466 e.